The number of hydrogen-bond acceptors (Lipinski definition) is 7. The van der Waals surface area contributed by atoms with Crippen LogP contribution in [0.3, 0.4) is 0 Å². The van der Waals surface area contributed by atoms with Crippen LogP contribution in [0.1, 0.15) is 26.2 Å². The van der Waals surface area contributed by atoms with E-state index in [2.05, 4.69) is 6.92 Å². The van der Waals surface area contributed by atoms with Crippen molar-refractivity contribution in [3.63, 3.8) is 0 Å². The Labute approximate surface area is 146 Å². The van der Waals surface area contributed by atoms with Crippen LogP contribution in [0.2, 0.25) is 0 Å². The zero-order valence-corrected chi connectivity index (χ0v) is 15.2. The second-order valence-electron chi connectivity index (χ2n) is 5.10. The molecular formula is C17H36O7. The van der Waals surface area contributed by atoms with E-state index >= 15 is 0 Å². The van der Waals surface area contributed by atoms with Gasteiger partial charge in [-0.3, -0.25) is 0 Å². The van der Waals surface area contributed by atoms with E-state index in [0.29, 0.717) is 72.7 Å². The Morgan fingerprint density at radius 1 is 0.458 bits per heavy atom. The third-order valence-electron chi connectivity index (χ3n) is 2.99. The average Bonchev–Trinajstić information content (AvgIpc) is 2.60. The van der Waals surface area contributed by atoms with Gasteiger partial charge in [0.25, 0.3) is 0 Å². The Morgan fingerprint density at radius 2 is 0.792 bits per heavy atom. The minimum atomic E-state index is 0.0426. The fourth-order valence-corrected chi connectivity index (χ4v) is 1.72. The summed E-state index contributed by atoms with van der Waals surface area (Å²) in [6.07, 6.45) is 3.57. The molecule has 0 saturated heterocycles. The molecule has 0 fully saturated rings. The van der Waals surface area contributed by atoms with Gasteiger partial charge in [-0.05, 0) is 6.42 Å². The van der Waals surface area contributed by atoms with Gasteiger partial charge in [-0.2, -0.15) is 0 Å². The van der Waals surface area contributed by atoms with Crippen LogP contribution in [0.5, 0.6) is 0 Å². The van der Waals surface area contributed by atoms with Crippen molar-refractivity contribution >= 4 is 0 Å². The third-order valence-corrected chi connectivity index (χ3v) is 2.99. The SMILES string of the molecule is CCCCCOCCOCCOCCOCCOCCOCCO. The van der Waals surface area contributed by atoms with Crippen molar-refractivity contribution in [2.24, 2.45) is 0 Å². The zero-order valence-electron chi connectivity index (χ0n) is 15.2. The van der Waals surface area contributed by atoms with Gasteiger partial charge < -0.3 is 33.5 Å². The predicted octanol–water partition coefficient (Wildman–Crippen LogP) is 1.27. The first-order valence-electron chi connectivity index (χ1n) is 8.99. The fraction of sp³-hybridized carbons (Fsp3) is 1.00. The lowest BCUT2D eigenvalue weighted by molar-refractivity contribution is -0.0182. The van der Waals surface area contributed by atoms with Crippen molar-refractivity contribution in [2.75, 3.05) is 85.9 Å². The number of unbranched alkanes of at least 4 members (excludes halogenated alkanes) is 2. The average molecular weight is 352 g/mol. The van der Waals surface area contributed by atoms with Gasteiger partial charge in [0.1, 0.15) is 0 Å². The minimum absolute atomic E-state index is 0.0426. The van der Waals surface area contributed by atoms with Gasteiger partial charge in [0.05, 0.1) is 79.3 Å². The van der Waals surface area contributed by atoms with Crippen molar-refractivity contribution in [2.45, 2.75) is 26.2 Å². The number of ether oxygens (including phenoxy) is 6. The van der Waals surface area contributed by atoms with Crippen LogP contribution in [-0.2, 0) is 28.4 Å². The Bertz CT molecular complexity index is 195. The molecule has 0 saturated carbocycles. The molecule has 0 aromatic carbocycles. The molecule has 0 aliphatic heterocycles. The summed E-state index contributed by atoms with van der Waals surface area (Å²) in [5, 5.41) is 8.51. The maximum absolute atomic E-state index is 8.51. The van der Waals surface area contributed by atoms with Gasteiger partial charge in [-0.25, -0.2) is 0 Å². The van der Waals surface area contributed by atoms with Crippen LogP contribution in [-0.4, -0.2) is 91.0 Å². The molecule has 0 spiro atoms. The van der Waals surface area contributed by atoms with Crippen LogP contribution in [0.25, 0.3) is 0 Å². The first kappa shape index (κ1) is 23.7. The van der Waals surface area contributed by atoms with Crippen LogP contribution in [0.4, 0.5) is 0 Å². The third kappa shape index (κ3) is 21.7. The highest BCUT2D eigenvalue weighted by Gasteiger charge is 1.94. The second-order valence-corrected chi connectivity index (χ2v) is 5.10. The summed E-state index contributed by atoms with van der Waals surface area (Å²) in [4.78, 5) is 0. The molecule has 0 unspecified atom stereocenters. The summed E-state index contributed by atoms with van der Waals surface area (Å²) >= 11 is 0. The van der Waals surface area contributed by atoms with Crippen molar-refractivity contribution in [3.05, 3.63) is 0 Å². The van der Waals surface area contributed by atoms with Gasteiger partial charge in [0.15, 0.2) is 0 Å². The van der Waals surface area contributed by atoms with Crippen LogP contribution in [0.15, 0.2) is 0 Å². The molecule has 0 heterocycles. The highest BCUT2D eigenvalue weighted by molar-refractivity contribution is 4.38. The smallest absolute Gasteiger partial charge is 0.0701 e. The Morgan fingerprint density at radius 3 is 1.12 bits per heavy atom. The summed E-state index contributed by atoms with van der Waals surface area (Å²) in [5.74, 6) is 0. The molecule has 1 N–H and O–H groups in total. The monoisotopic (exact) mass is 352 g/mol. The molecule has 0 bridgehead atoms. The predicted molar refractivity (Wildman–Crippen MR) is 91.5 cm³/mol. The summed E-state index contributed by atoms with van der Waals surface area (Å²) in [6, 6.07) is 0. The molecular weight excluding hydrogens is 316 g/mol. The van der Waals surface area contributed by atoms with E-state index in [1.54, 1.807) is 0 Å². The minimum Gasteiger partial charge on any atom is -0.394 e. The quantitative estimate of drug-likeness (QED) is 0.312. The van der Waals surface area contributed by atoms with Crippen LogP contribution in [0, 0.1) is 0 Å². The fourth-order valence-electron chi connectivity index (χ4n) is 1.72. The van der Waals surface area contributed by atoms with E-state index in [4.69, 9.17) is 33.5 Å². The van der Waals surface area contributed by atoms with Gasteiger partial charge >= 0.3 is 0 Å². The molecule has 0 amide bonds. The second kappa shape index (κ2) is 22.7. The van der Waals surface area contributed by atoms with Crippen molar-refractivity contribution in [1.29, 1.82) is 0 Å². The Hall–Kier alpha value is -0.280. The summed E-state index contributed by atoms with van der Waals surface area (Å²) in [5.41, 5.74) is 0. The normalized spacial score (nSPS) is 11.2. The van der Waals surface area contributed by atoms with Gasteiger partial charge in [0.2, 0.25) is 0 Å². The van der Waals surface area contributed by atoms with Gasteiger partial charge in [-0.1, -0.05) is 19.8 Å². The highest BCUT2D eigenvalue weighted by Crippen LogP contribution is 1.93. The molecule has 0 aliphatic rings. The molecule has 7 nitrogen and oxygen atoms in total. The zero-order chi connectivity index (χ0) is 17.6. The lowest BCUT2D eigenvalue weighted by Gasteiger charge is -2.08. The molecule has 0 aromatic rings. The molecule has 0 aliphatic carbocycles. The Balaban J connectivity index is 2.93. The Kier molecular flexibility index (Phi) is 22.5. The molecule has 24 heavy (non-hydrogen) atoms. The van der Waals surface area contributed by atoms with E-state index < -0.39 is 0 Å². The molecule has 0 radical (unpaired) electrons. The maximum Gasteiger partial charge on any atom is 0.0701 e. The largest absolute Gasteiger partial charge is 0.394 e. The lowest BCUT2D eigenvalue weighted by atomic mass is 10.3. The molecule has 0 atom stereocenters. The topological polar surface area (TPSA) is 75.6 Å². The first-order chi connectivity index (χ1) is 11.9. The van der Waals surface area contributed by atoms with Crippen LogP contribution >= 0.6 is 0 Å². The van der Waals surface area contributed by atoms with Crippen molar-refractivity contribution in [1.82, 2.24) is 0 Å². The van der Waals surface area contributed by atoms with Crippen LogP contribution < -0.4 is 0 Å². The molecule has 0 rings (SSSR count). The summed E-state index contributed by atoms with van der Waals surface area (Å²) in [7, 11) is 0. The van der Waals surface area contributed by atoms with Gasteiger partial charge in [-0.15, -0.1) is 0 Å². The number of aliphatic hydroxyl groups excluding tert-OH is 1. The summed E-state index contributed by atoms with van der Waals surface area (Å²) in [6.45, 7) is 8.99. The van der Waals surface area contributed by atoms with E-state index in [9.17, 15) is 0 Å². The highest BCUT2D eigenvalue weighted by atomic mass is 16.6. The van der Waals surface area contributed by atoms with E-state index in [1.165, 1.54) is 12.8 Å². The summed E-state index contributed by atoms with van der Waals surface area (Å²) < 4.78 is 31.9. The molecule has 0 aromatic heterocycles. The number of hydrogen-bond donors (Lipinski definition) is 1. The maximum atomic E-state index is 8.51. The number of rotatable bonds is 21. The first-order valence-corrected chi connectivity index (χ1v) is 8.99. The van der Waals surface area contributed by atoms with Gasteiger partial charge in [0, 0.05) is 6.61 Å². The van der Waals surface area contributed by atoms with E-state index in [1.807, 2.05) is 0 Å². The standard InChI is InChI=1S/C17H36O7/c1-2-3-4-6-19-8-10-21-12-14-23-16-17-24-15-13-22-11-9-20-7-5-18/h18H,2-17H2,1H3. The lowest BCUT2D eigenvalue weighted by Crippen LogP contribution is -2.14. The van der Waals surface area contributed by atoms with E-state index in [0.717, 1.165) is 13.0 Å². The molecule has 146 valence electrons. The number of aliphatic hydroxyl groups is 1. The van der Waals surface area contributed by atoms with Crippen molar-refractivity contribution < 1.29 is 33.5 Å². The molecule has 7 heteroatoms. The van der Waals surface area contributed by atoms with Crippen molar-refractivity contribution in [3.8, 4) is 0 Å². The van der Waals surface area contributed by atoms with E-state index in [-0.39, 0.29) is 6.61 Å².